The van der Waals surface area contributed by atoms with Crippen LogP contribution < -0.4 is 0 Å². The maximum atomic E-state index is 12.3. The van der Waals surface area contributed by atoms with Gasteiger partial charge < -0.3 is 10.0 Å². The minimum Gasteiger partial charge on any atom is -0.481 e. The molecule has 104 valence electrons. The van der Waals surface area contributed by atoms with Crippen LogP contribution in [0.5, 0.6) is 0 Å². The van der Waals surface area contributed by atoms with Gasteiger partial charge in [-0.1, -0.05) is 23.2 Å². The molecule has 1 amide bonds. The number of carboxylic acid groups (broad SMARTS) is 1. The summed E-state index contributed by atoms with van der Waals surface area (Å²) in [5.74, 6) is -1.22. The van der Waals surface area contributed by atoms with Crippen molar-refractivity contribution in [3.63, 3.8) is 0 Å². The number of rotatable bonds is 5. The number of halogens is 2. The molecule has 0 heterocycles. The van der Waals surface area contributed by atoms with Gasteiger partial charge in [0.1, 0.15) is 0 Å². The normalized spacial score (nSPS) is 10.6. The number of hydrogen-bond donors (Lipinski definition) is 1. The third-order valence-electron chi connectivity index (χ3n) is 2.56. The second-order valence-electron chi connectivity index (χ2n) is 4.39. The van der Waals surface area contributed by atoms with Crippen molar-refractivity contribution in [1.29, 1.82) is 0 Å². The SMILES string of the molecule is CC(C)N(CCC(=O)O)C(=O)c1cc(Cl)cc(Cl)c1. The molecule has 0 bridgehead atoms. The molecule has 1 aromatic carbocycles. The highest BCUT2D eigenvalue weighted by molar-refractivity contribution is 6.35. The van der Waals surface area contributed by atoms with Crippen LogP contribution in [0.2, 0.25) is 10.0 Å². The van der Waals surface area contributed by atoms with E-state index in [1.54, 1.807) is 0 Å². The van der Waals surface area contributed by atoms with Crippen LogP contribution >= 0.6 is 23.2 Å². The van der Waals surface area contributed by atoms with Crippen molar-refractivity contribution in [2.75, 3.05) is 6.54 Å². The Hall–Kier alpha value is -1.26. The average Bonchev–Trinajstić information content (AvgIpc) is 2.26. The zero-order valence-electron chi connectivity index (χ0n) is 10.7. The summed E-state index contributed by atoms with van der Waals surface area (Å²) in [6.07, 6.45) is -0.0990. The molecule has 0 fully saturated rings. The van der Waals surface area contributed by atoms with E-state index >= 15 is 0 Å². The van der Waals surface area contributed by atoms with Crippen LogP contribution in [-0.2, 0) is 4.79 Å². The molecule has 1 N–H and O–H groups in total. The molecule has 0 aliphatic rings. The summed E-state index contributed by atoms with van der Waals surface area (Å²) in [5.41, 5.74) is 0.358. The van der Waals surface area contributed by atoms with E-state index in [-0.39, 0.29) is 24.9 Å². The summed E-state index contributed by atoms with van der Waals surface area (Å²) >= 11 is 11.7. The lowest BCUT2D eigenvalue weighted by atomic mass is 10.1. The summed E-state index contributed by atoms with van der Waals surface area (Å²) in [4.78, 5) is 24.4. The van der Waals surface area contributed by atoms with Crippen LogP contribution in [0.25, 0.3) is 0 Å². The molecule has 0 saturated carbocycles. The van der Waals surface area contributed by atoms with Gasteiger partial charge in [-0.05, 0) is 32.0 Å². The van der Waals surface area contributed by atoms with Gasteiger partial charge >= 0.3 is 5.97 Å². The van der Waals surface area contributed by atoms with Crippen LogP contribution in [0.1, 0.15) is 30.6 Å². The summed E-state index contributed by atoms with van der Waals surface area (Å²) in [6.45, 7) is 3.80. The van der Waals surface area contributed by atoms with Gasteiger partial charge in [-0.25, -0.2) is 0 Å². The number of benzene rings is 1. The lowest BCUT2D eigenvalue weighted by Gasteiger charge is -2.26. The van der Waals surface area contributed by atoms with Gasteiger partial charge in [0, 0.05) is 28.2 Å². The zero-order valence-corrected chi connectivity index (χ0v) is 12.2. The minimum absolute atomic E-state index is 0.0990. The van der Waals surface area contributed by atoms with Gasteiger partial charge in [0.05, 0.1) is 6.42 Å². The maximum Gasteiger partial charge on any atom is 0.305 e. The number of amides is 1. The Kier molecular flexibility index (Phi) is 5.63. The van der Waals surface area contributed by atoms with E-state index in [0.29, 0.717) is 15.6 Å². The predicted octanol–water partition coefficient (Wildman–Crippen LogP) is 3.32. The van der Waals surface area contributed by atoms with Crippen LogP contribution in [0.3, 0.4) is 0 Å². The molecule has 4 nitrogen and oxygen atoms in total. The quantitative estimate of drug-likeness (QED) is 0.908. The molecule has 0 spiro atoms. The molecule has 0 saturated heterocycles. The van der Waals surface area contributed by atoms with Gasteiger partial charge in [-0.3, -0.25) is 9.59 Å². The van der Waals surface area contributed by atoms with E-state index in [1.165, 1.54) is 23.1 Å². The molecule has 19 heavy (non-hydrogen) atoms. The van der Waals surface area contributed by atoms with Crippen molar-refractivity contribution in [2.24, 2.45) is 0 Å². The third-order valence-corrected chi connectivity index (χ3v) is 3.00. The van der Waals surface area contributed by atoms with Gasteiger partial charge in [-0.15, -0.1) is 0 Å². The number of carboxylic acids is 1. The van der Waals surface area contributed by atoms with E-state index in [9.17, 15) is 9.59 Å². The second kappa shape index (κ2) is 6.78. The standard InChI is InChI=1S/C13H15Cl2NO3/c1-8(2)16(4-3-12(17)18)13(19)9-5-10(14)7-11(15)6-9/h5-8H,3-4H2,1-2H3,(H,17,18). The third kappa shape index (κ3) is 4.73. The molecule has 0 atom stereocenters. The molecule has 1 rings (SSSR count). The van der Waals surface area contributed by atoms with Crippen LogP contribution in [0.15, 0.2) is 18.2 Å². The van der Waals surface area contributed by atoms with Gasteiger partial charge in [0.2, 0.25) is 0 Å². The monoisotopic (exact) mass is 303 g/mol. The maximum absolute atomic E-state index is 12.3. The lowest BCUT2D eigenvalue weighted by Crippen LogP contribution is -2.38. The minimum atomic E-state index is -0.942. The molecule has 6 heteroatoms. The summed E-state index contributed by atoms with van der Waals surface area (Å²) in [7, 11) is 0. The Balaban J connectivity index is 2.95. The van der Waals surface area contributed by atoms with Crippen LogP contribution in [0.4, 0.5) is 0 Å². The van der Waals surface area contributed by atoms with Crippen molar-refractivity contribution in [2.45, 2.75) is 26.3 Å². The van der Waals surface area contributed by atoms with E-state index in [4.69, 9.17) is 28.3 Å². The van der Waals surface area contributed by atoms with E-state index in [2.05, 4.69) is 0 Å². The number of carbonyl (C=O) groups excluding carboxylic acids is 1. The largest absolute Gasteiger partial charge is 0.481 e. The van der Waals surface area contributed by atoms with E-state index < -0.39 is 5.97 Å². The smallest absolute Gasteiger partial charge is 0.305 e. The molecule has 0 aliphatic heterocycles. The zero-order chi connectivity index (χ0) is 14.6. The molecule has 0 aliphatic carbocycles. The van der Waals surface area contributed by atoms with Crippen molar-refractivity contribution in [1.82, 2.24) is 4.90 Å². The average molecular weight is 304 g/mol. The Morgan fingerprint density at radius 1 is 1.21 bits per heavy atom. The Morgan fingerprint density at radius 2 is 1.74 bits per heavy atom. The summed E-state index contributed by atoms with van der Waals surface area (Å²) < 4.78 is 0. The molecular weight excluding hydrogens is 289 g/mol. The number of nitrogens with zero attached hydrogens (tertiary/aromatic N) is 1. The molecular formula is C13H15Cl2NO3. The molecule has 0 aromatic heterocycles. The first-order valence-electron chi connectivity index (χ1n) is 5.80. The van der Waals surface area contributed by atoms with Gasteiger partial charge in [-0.2, -0.15) is 0 Å². The topological polar surface area (TPSA) is 57.6 Å². The summed E-state index contributed by atoms with van der Waals surface area (Å²) in [5, 5.41) is 9.45. The first kappa shape index (κ1) is 15.8. The van der Waals surface area contributed by atoms with Crippen LogP contribution in [-0.4, -0.2) is 34.5 Å². The second-order valence-corrected chi connectivity index (χ2v) is 5.27. The highest BCUT2D eigenvalue weighted by atomic mass is 35.5. The Bertz CT molecular complexity index is 469. The van der Waals surface area contributed by atoms with Gasteiger partial charge in [0.25, 0.3) is 5.91 Å². The first-order chi connectivity index (χ1) is 8.81. The fourth-order valence-electron chi connectivity index (χ4n) is 1.65. The number of aliphatic carboxylic acids is 1. The Morgan fingerprint density at radius 3 is 2.16 bits per heavy atom. The summed E-state index contributed by atoms with van der Waals surface area (Å²) in [6, 6.07) is 4.47. The van der Waals surface area contributed by atoms with Crippen molar-refractivity contribution in [3.8, 4) is 0 Å². The van der Waals surface area contributed by atoms with Crippen molar-refractivity contribution < 1.29 is 14.7 Å². The van der Waals surface area contributed by atoms with Crippen LogP contribution in [0, 0.1) is 0 Å². The Labute approximate surface area is 121 Å². The highest BCUT2D eigenvalue weighted by Gasteiger charge is 2.20. The first-order valence-corrected chi connectivity index (χ1v) is 6.55. The molecule has 0 unspecified atom stereocenters. The lowest BCUT2D eigenvalue weighted by molar-refractivity contribution is -0.137. The highest BCUT2D eigenvalue weighted by Crippen LogP contribution is 2.21. The van der Waals surface area contributed by atoms with Crippen molar-refractivity contribution >= 4 is 35.1 Å². The number of hydrogen-bond acceptors (Lipinski definition) is 2. The van der Waals surface area contributed by atoms with Crippen molar-refractivity contribution in [3.05, 3.63) is 33.8 Å². The van der Waals surface area contributed by atoms with E-state index in [0.717, 1.165) is 0 Å². The van der Waals surface area contributed by atoms with E-state index in [1.807, 2.05) is 13.8 Å². The fourth-order valence-corrected chi connectivity index (χ4v) is 2.18. The number of carbonyl (C=O) groups is 2. The fraction of sp³-hybridized carbons (Fsp3) is 0.385. The molecule has 0 radical (unpaired) electrons. The molecule has 1 aromatic rings. The predicted molar refractivity (Wildman–Crippen MR) is 74.9 cm³/mol. The van der Waals surface area contributed by atoms with Gasteiger partial charge in [0.15, 0.2) is 0 Å².